The average Bonchev–Trinajstić information content (AvgIpc) is 2.75. The van der Waals surface area contributed by atoms with Gasteiger partial charge in [0.25, 0.3) is 5.56 Å². The van der Waals surface area contributed by atoms with Gasteiger partial charge in [-0.3, -0.25) is 24.0 Å². The summed E-state index contributed by atoms with van der Waals surface area (Å²) < 4.78 is 1.33. The number of carbonyl (C=O) groups excluding carboxylic acids is 1. The van der Waals surface area contributed by atoms with E-state index in [1.807, 2.05) is 17.9 Å². The second-order valence-corrected chi connectivity index (χ2v) is 8.99. The van der Waals surface area contributed by atoms with Crippen LogP contribution >= 0.6 is 23.2 Å². The fourth-order valence-electron chi connectivity index (χ4n) is 3.58. The molecule has 1 heterocycles. The van der Waals surface area contributed by atoms with Crippen LogP contribution in [0, 0.1) is 0 Å². The van der Waals surface area contributed by atoms with E-state index < -0.39 is 11.2 Å². The largest absolute Gasteiger partial charge is 0.383 e. The Kier molecular flexibility index (Phi) is 10.5. The van der Waals surface area contributed by atoms with E-state index in [1.54, 1.807) is 19.2 Å². The maximum absolute atomic E-state index is 13.3. The monoisotopic (exact) mass is 497 g/mol. The van der Waals surface area contributed by atoms with Crippen molar-refractivity contribution >= 4 is 40.6 Å². The van der Waals surface area contributed by atoms with E-state index in [2.05, 4.69) is 11.9 Å². The maximum Gasteiger partial charge on any atom is 0.330 e. The van der Waals surface area contributed by atoms with Gasteiger partial charge >= 0.3 is 5.69 Å². The number of halogens is 2. The molecule has 2 aromatic rings. The third kappa shape index (κ3) is 7.35. The number of nitrogens with two attached hydrogens (primary N) is 1. The number of likely N-dealkylation sites (N-methyl/N-ethyl adjacent to an activating group) is 1. The Balaban J connectivity index is 2.31. The molecule has 1 aromatic carbocycles. The number of nitrogens with zero attached hydrogens (tertiary/aromatic N) is 3. The number of aromatic nitrogens is 2. The summed E-state index contributed by atoms with van der Waals surface area (Å²) in [5.41, 5.74) is 5.99. The first kappa shape index (κ1) is 27.0. The lowest BCUT2D eigenvalue weighted by molar-refractivity contribution is -0.119. The second-order valence-electron chi connectivity index (χ2n) is 8.17. The second kappa shape index (κ2) is 12.8. The first-order chi connectivity index (χ1) is 15.7. The molecule has 0 atom stereocenters. The van der Waals surface area contributed by atoms with Crippen molar-refractivity contribution in [3.05, 3.63) is 54.6 Å². The predicted octanol–water partition coefficient (Wildman–Crippen LogP) is 3.88. The lowest BCUT2D eigenvalue weighted by atomic mass is 10.2. The zero-order valence-electron chi connectivity index (χ0n) is 19.5. The quantitative estimate of drug-likeness (QED) is 0.432. The van der Waals surface area contributed by atoms with Crippen LogP contribution in [0.5, 0.6) is 0 Å². The topological polar surface area (TPSA) is 104 Å². The molecule has 0 spiro atoms. The summed E-state index contributed by atoms with van der Waals surface area (Å²) in [4.78, 5) is 43.9. The molecule has 0 aliphatic carbocycles. The highest BCUT2D eigenvalue weighted by Crippen LogP contribution is 2.23. The number of nitrogens with one attached hydrogen (secondary N) is 1. The highest BCUT2D eigenvalue weighted by molar-refractivity contribution is 6.42. The van der Waals surface area contributed by atoms with Crippen LogP contribution in [0.4, 0.5) is 11.5 Å². The fraction of sp³-hybridized carbons (Fsp3) is 0.522. The number of carbonyl (C=O) groups is 1. The molecule has 8 nitrogen and oxygen atoms in total. The van der Waals surface area contributed by atoms with Crippen molar-refractivity contribution in [1.82, 2.24) is 14.5 Å². The molecule has 1 amide bonds. The van der Waals surface area contributed by atoms with Gasteiger partial charge < -0.3 is 10.6 Å². The van der Waals surface area contributed by atoms with E-state index >= 15 is 0 Å². The third-order valence-electron chi connectivity index (χ3n) is 5.35. The van der Waals surface area contributed by atoms with Crippen LogP contribution < -0.4 is 21.9 Å². The first-order valence-corrected chi connectivity index (χ1v) is 12.0. The van der Waals surface area contributed by atoms with E-state index in [0.29, 0.717) is 36.1 Å². The Bertz CT molecular complexity index is 1070. The third-order valence-corrected chi connectivity index (χ3v) is 6.09. The SMILES string of the molecule is CCCCCN(C(=O)CN(C)Cc1ccc(Cl)c(Cl)c1)c1c(N)n(CCCC)c(=O)[nH]c1=O. The number of aromatic amines is 1. The van der Waals surface area contributed by atoms with Crippen LogP contribution in [0.3, 0.4) is 0 Å². The lowest BCUT2D eigenvalue weighted by Gasteiger charge is -2.27. The highest BCUT2D eigenvalue weighted by Gasteiger charge is 2.24. The van der Waals surface area contributed by atoms with Crippen molar-refractivity contribution in [3.8, 4) is 0 Å². The minimum absolute atomic E-state index is 0.0224. The van der Waals surface area contributed by atoms with Crippen molar-refractivity contribution in [1.29, 1.82) is 0 Å². The van der Waals surface area contributed by atoms with Gasteiger partial charge in [0.05, 0.1) is 16.6 Å². The molecule has 0 fully saturated rings. The zero-order chi connectivity index (χ0) is 24.5. The molecule has 0 aliphatic rings. The van der Waals surface area contributed by atoms with Crippen molar-refractivity contribution in [2.45, 2.75) is 59.0 Å². The van der Waals surface area contributed by atoms with E-state index in [-0.39, 0.29) is 24.0 Å². The number of amides is 1. The van der Waals surface area contributed by atoms with Gasteiger partial charge in [0.15, 0.2) is 5.69 Å². The van der Waals surface area contributed by atoms with Gasteiger partial charge in [-0.2, -0.15) is 0 Å². The average molecular weight is 498 g/mol. The molecule has 10 heteroatoms. The van der Waals surface area contributed by atoms with Crippen molar-refractivity contribution in [3.63, 3.8) is 0 Å². The van der Waals surface area contributed by atoms with Gasteiger partial charge in [0, 0.05) is 19.6 Å². The van der Waals surface area contributed by atoms with Crippen LogP contribution in [0.15, 0.2) is 27.8 Å². The summed E-state index contributed by atoms with van der Waals surface area (Å²) in [6.45, 7) is 5.29. The number of anilines is 2. The van der Waals surface area contributed by atoms with Crippen molar-refractivity contribution in [2.24, 2.45) is 0 Å². The van der Waals surface area contributed by atoms with E-state index in [1.165, 1.54) is 9.47 Å². The number of benzene rings is 1. The molecule has 182 valence electrons. The van der Waals surface area contributed by atoms with Crippen LogP contribution in [-0.4, -0.2) is 40.5 Å². The van der Waals surface area contributed by atoms with Crippen LogP contribution in [-0.2, 0) is 17.9 Å². The summed E-state index contributed by atoms with van der Waals surface area (Å²) in [7, 11) is 1.81. The minimum Gasteiger partial charge on any atom is -0.383 e. The number of hydrogen-bond acceptors (Lipinski definition) is 5. The van der Waals surface area contributed by atoms with Crippen LogP contribution in [0.2, 0.25) is 10.0 Å². The molecule has 0 bridgehead atoms. The van der Waals surface area contributed by atoms with E-state index in [9.17, 15) is 14.4 Å². The molecule has 0 radical (unpaired) electrons. The summed E-state index contributed by atoms with van der Waals surface area (Å²) >= 11 is 12.1. The predicted molar refractivity (Wildman–Crippen MR) is 135 cm³/mol. The van der Waals surface area contributed by atoms with Crippen LogP contribution in [0.1, 0.15) is 51.5 Å². The fourth-order valence-corrected chi connectivity index (χ4v) is 3.90. The van der Waals surface area contributed by atoms with Crippen LogP contribution in [0.25, 0.3) is 0 Å². The Morgan fingerprint density at radius 2 is 1.79 bits per heavy atom. The van der Waals surface area contributed by atoms with Gasteiger partial charge in [-0.1, -0.05) is 62.4 Å². The zero-order valence-corrected chi connectivity index (χ0v) is 21.0. The minimum atomic E-state index is -0.651. The summed E-state index contributed by atoms with van der Waals surface area (Å²) in [5.74, 6) is -0.249. The van der Waals surface area contributed by atoms with Gasteiger partial charge in [-0.05, 0) is 37.6 Å². The normalized spacial score (nSPS) is 11.2. The van der Waals surface area contributed by atoms with Gasteiger partial charge in [0.1, 0.15) is 5.82 Å². The summed E-state index contributed by atoms with van der Waals surface area (Å²) in [5, 5.41) is 0.915. The number of unbranched alkanes of at least 4 members (excludes halogenated alkanes) is 3. The van der Waals surface area contributed by atoms with Gasteiger partial charge in [-0.25, -0.2) is 4.79 Å². The molecule has 0 saturated carbocycles. The first-order valence-electron chi connectivity index (χ1n) is 11.2. The molecule has 2 rings (SSSR count). The van der Waals surface area contributed by atoms with Gasteiger partial charge in [-0.15, -0.1) is 0 Å². The van der Waals surface area contributed by atoms with E-state index in [0.717, 1.165) is 31.2 Å². The molecular formula is C23H33Cl2N5O3. The molecule has 33 heavy (non-hydrogen) atoms. The van der Waals surface area contributed by atoms with Crippen molar-refractivity contribution in [2.75, 3.05) is 30.8 Å². The van der Waals surface area contributed by atoms with E-state index in [4.69, 9.17) is 28.9 Å². The number of H-pyrrole nitrogens is 1. The number of nitrogen functional groups attached to an aromatic ring is 1. The van der Waals surface area contributed by atoms with Gasteiger partial charge in [0.2, 0.25) is 5.91 Å². The molecule has 1 aromatic heterocycles. The molecular weight excluding hydrogens is 465 g/mol. The molecule has 0 aliphatic heterocycles. The lowest BCUT2D eigenvalue weighted by Crippen LogP contribution is -2.45. The standard InChI is InChI=1S/C23H33Cl2N5O3/c1-4-6-8-12-29(20-21(26)30(11-7-5-2)23(33)27-22(20)32)19(31)15-28(3)14-16-9-10-17(24)18(25)13-16/h9-10,13H,4-8,11-12,14-15,26H2,1-3H3,(H,27,32,33). The molecule has 0 saturated heterocycles. The molecule has 3 N–H and O–H groups in total. The Morgan fingerprint density at radius 3 is 2.42 bits per heavy atom. The summed E-state index contributed by atoms with van der Waals surface area (Å²) in [6.07, 6.45) is 4.16. The Hall–Kier alpha value is -2.29. The smallest absolute Gasteiger partial charge is 0.330 e. The summed E-state index contributed by atoms with van der Waals surface area (Å²) in [6, 6.07) is 5.32. The Labute approximate surface area is 204 Å². The van der Waals surface area contributed by atoms with Crippen molar-refractivity contribution < 1.29 is 4.79 Å². The highest BCUT2D eigenvalue weighted by atomic mass is 35.5. The maximum atomic E-state index is 13.3. The Morgan fingerprint density at radius 1 is 1.09 bits per heavy atom. The number of rotatable bonds is 12. The number of hydrogen-bond donors (Lipinski definition) is 2. The molecule has 0 unspecified atom stereocenters.